The van der Waals surface area contributed by atoms with Gasteiger partial charge in [0.15, 0.2) is 0 Å². The van der Waals surface area contributed by atoms with Gasteiger partial charge in [-0.05, 0) is 45.3 Å². The molecule has 0 bridgehead atoms. The molecule has 2 aromatic rings. The van der Waals surface area contributed by atoms with Crippen molar-refractivity contribution in [3.8, 4) is 0 Å². The van der Waals surface area contributed by atoms with E-state index in [-0.39, 0.29) is 18.3 Å². The third kappa shape index (κ3) is 2.61. The summed E-state index contributed by atoms with van der Waals surface area (Å²) in [5.41, 5.74) is 1.33. The molecule has 0 unspecified atom stereocenters. The lowest BCUT2D eigenvalue weighted by atomic mass is 9.79. The Bertz CT molecular complexity index is 652. The van der Waals surface area contributed by atoms with Gasteiger partial charge < -0.3 is 14.0 Å². The maximum atomic E-state index is 6.08. The summed E-state index contributed by atoms with van der Waals surface area (Å²) < 4.78 is 18.5. The highest BCUT2D eigenvalue weighted by atomic mass is 32.1. The molecule has 1 aromatic carbocycles. The monoisotopic (exact) mass is 305 g/mol. The molecule has 1 aliphatic heterocycles. The average molecular weight is 305 g/mol. The molecule has 0 aliphatic carbocycles. The van der Waals surface area contributed by atoms with Gasteiger partial charge in [-0.1, -0.05) is 6.07 Å². The zero-order valence-electron chi connectivity index (χ0n) is 13.1. The van der Waals surface area contributed by atoms with Crippen molar-refractivity contribution in [2.24, 2.45) is 0 Å². The second-order valence-electron chi connectivity index (χ2n) is 6.36. The predicted octanol–water partition coefficient (Wildman–Crippen LogP) is 2.74. The van der Waals surface area contributed by atoms with Crippen LogP contribution in [-0.2, 0) is 20.7 Å². The summed E-state index contributed by atoms with van der Waals surface area (Å²) in [6, 6.07) is 6.18. The lowest BCUT2D eigenvalue weighted by Crippen LogP contribution is -2.41. The van der Waals surface area contributed by atoms with Gasteiger partial charge in [0.25, 0.3) is 0 Å². The first-order valence-corrected chi connectivity index (χ1v) is 7.88. The highest BCUT2D eigenvalue weighted by molar-refractivity contribution is 7.18. The average Bonchev–Trinajstić information content (AvgIpc) is 2.87. The maximum absolute atomic E-state index is 6.08. The molecule has 0 N–H and O–H groups in total. The highest BCUT2D eigenvalue weighted by Crippen LogP contribution is 2.36. The molecule has 0 radical (unpaired) electrons. The van der Waals surface area contributed by atoms with Crippen LogP contribution in [0.2, 0.25) is 0 Å². The van der Waals surface area contributed by atoms with Crippen LogP contribution in [0.1, 0.15) is 32.7 Å². The Kier molecular flexibility index (Phi) is 3.60. The Labute approximate surface area is 129 Å². The standard InChI is InChI=1S/C15H20BNO3S/c1-14(2)15(3,4)20-16(19-14)10-6-7-12-11(8-10)17-13(21-12)9-18-5/h6-8H,9H2,1-5H3. The molecule has 3 rings (SSSR count). The molecule has 1 aromatic heterocycles. The van der Waals surface area contributed by atoms with Crippen LogP contribution < -0.4 is 5.46 Å². The number of thiazole rings is 1. The van der Waals surface area contributed by atoms with Crippen molar-refractivity contribution < 1.29 is 14.0 Å². The summed E-state index contributed by atoms with van der Waals surface area (Å²) in [7, 11) is 1.34. The molecule has 0 amide bonds. The molecule has 0 atom stereocenters. The van der Waals surface area contributed by atoms with Gasteiger partial charge in [-0.2, -0.15) is 0 Å². The minimum atomic E-state index is -0.341. The third-order valence-corrected chi connectivity index (χ3v) is 5.26. The fourth-order valence-corrected chi connectivity index (χ4v) is 3.22. The van der Waals surface area contributed by atoms with Crippen molar-refractivity contribution in [1.82, 2.24) is 4.98 Å². The summed E-state index contributed by atoms with van der Waals surface area (Å²) in [6.45, 7) is 8.79. The molecule has 1 saturated heterocycles. The topological polar surface area (TPSA) is 40.6 Å². The SMILES string of the molecule is COCc1nc2cc(B3OC(C)(C)C(C)(C)O3)ccc2s1. The number of hydrogen-bond donors (Lipinski definition) is 0. The number of rotatable bonds is 3. The van der Waals surface area contributed by atoms with E-state index in [0.29, 0.717) is 6.61 Å². The molecule has 6 heteroatoms. The van der Waals surface area contributed by atoms with Crippen LogP contribution in [0.25, 0.3) is 10.2 Å². The number of benzene rings is 1. The Morgan fingerprint density at radius 2 is 1.86 bits per heavy atom. The van der Waals surface area contributed by atoms with Crippen molar-refractivity contribution in [3.05, 3.63) is 23.2 Å². The van der Waals surface area contributed by atoms with Crippen LogP contribution in [0.15, 0.2) is 18.2 Å². The zero-order chi connectivity index (χ0) is 15.3. The predicted molar refractivity (Wildman–Crippen MR) is 86.0 cm³/mol. The van der Waals surface area contributed by atoms with Crippen LogP contribution >= 0.6 is 11.3 Å². The van der Waals surface area contributed by atoms with Crippen LogP contribution in [0, 0.1) is 0 Å². The number of fused-ring (bicyclic) bond motifs is 1. The van der Waals surface area contributed by atoms with Crippen LogP contribution in [0.3, 0.4) is 0 Å². The van der Waals surface area contributed by atoms with Crippen molar-refractivity contribution in [1.29, 1.82) is 0 Å². The fraction of sp³-hybridized carbons (Fsp3) is 0.533. The van der Waals surface area contributed by atoms with E-state index in [4.69, 9.17) is 14.0 Å². The van der Waals surface area contributed by atoms with Gasteiger partial charge in [-0.3, -0.25) is 0 Å². The normalized spacial score (nSPS) is 20.3. The Hall–Kier alpha value is -0.945. The smallest absolute Gasteiger partial charge is 0.399 e. The van der Waals surface area contributed by atoms with E-state index in [1.165, 1.54) is 0 Å². The molecule has 4 nitrogen and oxygen atoms in total. The second-order valence-corrected chi connectivity index (χ2v) is 7.47. The largest absolute Gasteiger partial charge is 0.494 e. The summed E-state index contributed by atoms with van der Waals surface area (Å²) in [4.78, 5) is 4.59. The molecule has 1 fully saturated rings. The van der Waals surface area contributed by atoms with E-state index in [1.807, 2.05) is 6.07 Å². The van der Waals surface area contributed by atoms with E-state index in [1.54, 1.807) is 18.4 Å². The first kappa shape index (κ1) is 15.0. The second kappa shape index (κ2) is 5.05. The van der Waals surface area contributed by atoms with Gasteiger partial charge in [0.2, 0.25) is 0 Å². The van der Waals surface area contributed by atoms with Crippen LogP contribution in [0.5, 0.6) is 0 Å². The Balaban J connectivity index is 1.91. The van der Waals surface area contributed by atoms with Crippen LogP contribution in [-0.4, -0.2) is 30.4 Å². The number of nitrogens with zero attached hydrogens (tertiary/aromatic N) is 1. The quantitative estimate of drug-likeness (QED) is 0.818. The van der Waals surface area contributed by atoms with E-state index in [0.717, 1.165) is 20.7 Å². The summed E-state index contributed by atoms with van der Waals surface area (Å²) in [5, 5.41) is 0.985. The molecule has 2 heterocycles. The van der Waals surface area contributed by atoms with Crippen molar-refractivity contribution in [3.63, 3.8) is 0 Å². The van der Waals surface area contributed by atoms with E-state index < -0.39 is 0 Å². The first-order chi connectivity index (χ1) is 9.82. The van der Waals surface area contributed by atoms with E-state index in [2.05, 4.69) is 44.8 Å². The number of ether oxygens (including phenoxy) is 1. The van der Waals surface area contributed by atoms with Crippen molar-refractivity contribution in [2.75, 3.05) is 7.11 Å². The van der Waals surface area contributed by atoms with Gasteiger partial charge in [0.1, 0.15) is 5.01 Å². The summed E-state index contributed by atoms with van der Waals surface area (Å²) in [6.07, 6.45) is 0. The Morgan fingerprint density at radius 1 is 1.19 bits per heavy atom. The zero-order valence-corrected chi connectivity index (χ0v) is 13.9. The number of aromatic nitrogens is 1. The lowest BCUT2D eigenvalue weighted by Gasteiger charge is -2.32. The molecular formula is C15H20BNO3S. The van der Waals surface area contributed by atoms with Gasteiger partial charge in [-0.15, -0.1) is 11.3 Å². The summed E-state index contributed by atoms with van der Waals surface area (Å²) >= 11 is 1.65. The van der Waals surface area contributed by atoms with Gasteiger partial charge in [0, 0.05) is 7.11 Å². The highest BCUT2D eigenvalue weighted by Gasteiger charge is 2.51. The van der Waals surface area contributed by atoms with Gasteiger partial charge in [0.05, 0.1) is 28.0 Å². The molecule has 1 aliphatic rings. The third-order valence-electron chi connectivity index (χ3n) is 4.25. The van der Waals surface area contributed by atoms with E-state index >= 15 is 0 Å². The van der Waals surface area contributed by atoms with Crippen molar-refractivity contribution in [2.45, 2.75) is 45.5 Å². The van der Waals surface area contributed by atoms with Crippen LogP contribution in [0.4, 0.5) is 0 Å². The molecule has 112 valence electrons. The summed E-state index contributed by atoms with van der Waals surface area (Å²) in [5.74, 6) is 0. The van der Waals surface area contributed by atoms with Gasteiger partial charge in [-0.25, -0.2) is 4.98 Å². The van der Waals surface area contributed by atoms with E-state index in [9.17, 15) is 0 Å². The Morgan fingerprint density at radius 3 is 2.48 bits per heavy atom. The molecule has 21 heavy (non-hydrogen) atoms. The molecule has 0 saturated carbocycles. The lowest BCUT2D eigenvalue weighted by molar-refractivity contribution is 0.00578. The van der Waals surface area contributed by atoms with Gasteiger partial charge >= 0.3 is 7.12 Å². The van der Waals surface area contributed by atoms with Crippen molar-refractivity contribution >= 4 is 34.1 Å². The molecular weight excluding hydrogens is 285 g/mol. The minimum Gasteiger partial charge on any atom is -0.399 e. The fourth-order valence-electron chi connectivity index (χ4n) is 2.30. The number of hydrogen-bond acceptors (Lipinski definition) is 5. The molecule has 0 spiro atoms. The number of methoxy groups -OCH3 is 1. The minimum absolute atomic E-state index is 0.324. The first-order valence-electron chi connectivity index (χ1n) is 7.06. The maximum Gasteiger partial charge on any atom is 0.494 e.